The zero-order chi connectivity index (χ0) is 52.7. The third-order valence-electron chi connectivity index (χ3n) is 16.0. The largest absolute Gasteiger partial charge is 0.311 e. The smallest absolute Gasteiger partial charge is 0.252 e. The van der Waals surface area contributed by atoms with Gasteiger partial charge in [-0.05, 0) is 155 Å². The minimum absolute atomic E-state index is 0.0494. The highest BCUT2D eigenvalue weighted by Gasteiger charge is 2.45. The maximum atomic E-state index is 2.53. The van der Waals surface area contributed by atoms with Gasteiger partial charge in [0.1, 0.15) is 0 Å². The molecule has 4 nitrogen and oxygen atoms in total. The van der Waals surface area contributed by atoms with Crippen LogP contribution in [0, 0.1) is 6.92 Å². The molecule has 0 aromatic heterocycles. The van der Waals surface area contributed by atoms with Crippen LogP contribution in [0.4, 0.5) is 68.2 Å². The third-order valence-corrected chi connectivity index (χ3v) is 16.0. The van der Waals surface area contributed by atoms with E-state index in [0.717, 1.165) is 62.6 Å². The van der Waals surface area contributed by atoms with E-state index in [9.17, 15) is 0 Å². The van der Waals surface area contributed by atoms with Crippen molar-refractivity contribution in [1.29, 1.82) is 0 Å². The molecule has 0 N–H and O–H groups in total. The number of fused-ring (bicyclic) bond motifs is 4. The average molecular weight is 1010 g/mol. The van der Waals surface area contributed by atoms with Gasteiger partial charge in [0.2, 0.25) is 0 Å². The standard InChI is InChI=1S/C74H55BN4/c1-54-41-50-70-68(51-54)75-67-39-23-24-40-69(67)78(64-44-42-58(43-45-64)74(55-25-9-2-10-26-55,56-27-11-3-12-28-56)57-29-13-4-14-30-57)71-52-66(77(61-35-19-7-20-36-61)62-37-21-8-22-38-62)53-72(73(71)75)79(70)65-48-46-63(47-49-65)76(59-31-15-5-16-32-59)60-33-17-6-18-34-60/h2-53H,1H3. The van der Waals surface area contributed by atoms with Crippen molar-refractivity contribution < 1.29 is 0 Å². The number of hydrogen-bond donors (Lipinski definition) is 0. The van der Waals surface area contributed by atoms with Crippen LogP contribution in [-0.2, 0) is 5.41 Å². The van der Waals surface area contributed by atoms with Crippen molar-refractivity contribution in [1.82, 2.24) is 0 Å². The van der Waals surface area contributed by atoms with Gasteiger partial charge in [-0.3, -0.25) is 0 Å². The van der Waals surface area contributed by atoms with E-state index >= 15 is 0 Å². The number of nitrogens with zero attached hydrogens (tertiary/aromatic N) is 4. The van der Waals surface area contributed by atoms with Gasteiger partial charge in [0.15, 0.2) is 0 Å². The van der Waals surface area contributed by atoms with E-state index in [1.165, 1.54) is 49.9 Å². The number of aryl methyl sites for hydroxylation is 1. The second kappa shape index (κ2) is 20.1. The summed E-state index contributed by atoms with van der Waals surface area (Å²) in [5.74, 6) is 0. The molecule has 12 aromatic rings. The molecule has 0 amide bonds. The van der Waals surface area contributed by atoms with Gasteiger partial charge in [-0.15, -0.1) is 0 Å². The van der Waals surface area contributed by atoms with E-state index in [0.29, 0.717) is 0 Å². The first-order valence-electron chi connectivity index (χ1n) is 27.3. The van der Waals surface area contributed by atoms with E-state index in [1.807, 2.05) is 0 Å². The Bertz CT molecular complexity index is 3890. The summed E-state index contributed by atoms with van der Waals surface area (Å²) in [7, 11) is 0. The predicted octanol–water partition coefficient (Wildman–Crippen LogP) is 17.4. The Kier molecular flexibility index (Phi) is 12.1. The van der Waals surface area contributed by atoms with E-state index in [1.54, 1.807) is 0 Å². The predicted molar refractivity (Wildman–Crippen MR) is 333 cm³/mol. The molecular formula is C74H55BN4. The molecule has 79 heavy (non-hydrogen) atoms. The Hall–Kier alpha value is -10.1. The van der Waals surface area contributed by atoms with Gasteiger partial charge < -0.3 is 19.6 Å². The van der Waals surface area contributed by atoms with E-state index in [4.69, 9.17) is 0 Å². The molecule has 374 valence electrons. The monoisotopic (exact) mass is 1010 g/mol. The van der Waals surface area contributed by atoms with Crippen LogP contribution in [0.15, 0.2) is 315 Å². The third kappa shape index (κ3) is 8.18. The second-order valence-corrected chi connectivity index (χ2v) is 20.5. The normalized spacial score (nSPS) is 12.3. The van der Waals surface area contributed by atoms with Crippen molar-refractivity contribution in [2.45, 2.75) is 12.3 Å². The van der Waals surface area contributed by atoms with Crippen molar-refractivity contribution in [2.75, 3.05) is 19.6 Å². The maximum Gasteiger partial charge on any atom is 0.252 e. The van der Waals surface area contributed by atoms with E-state index in [2.05, 4.69) is 342 Å². The van der Waals surface area contributed by atoms with E-state index < -0.39 is 5.41 Å². The molecule has 0 saturated heterocycles. The van der Waals surface area contributed by atoms with Gasteiger partial charge in [0, 0.05) is 62.6 Å². The van der Waals surface area contributed by atoms with Gasteiger partial charge in [0.25, 0.3) is 6.71 Å². The lowest BCUT2D eigenvalue weighted by molar-refractivity contribution is 0.745. The quantitative estimate of drug-likeness (QED) is 0.0893. The highest BCUT2D eigenvalue weighted by atomic mass is 15.2. The molecule has 0 aliphatic carbocycles. The minimum atomic E-state index is -0.588. The number of rotatable bonds is 12. The van der Waals surface area contributed by atoms with Crippen LogP contribution in [0.5, 0.6) is 0 Å². The number of para-hydroxylation sites is 5. The number of benzene rings is 12. The Morgan fingerprint density at radius 3 is 1.06 bits per heavy atom. The van der Waals surface area contributed by atoms with E-state index in [-0.39, 0.29) is 6.71 Å². The van der Waals surface area contributed by atoms with Crippen LogP contribution < -0.4 is 36.0 Å². The van der Waals surface area contributed by atoms with Crippen LogP contribution in [0.1, 0.15) is 27.8 Å². The molecule has 0 unspecified atom stereocenters. The first-order chi connectivity index (χ1) is 39.1. The molecule has 2 heterocycles. The molecule has 12 aromatic carbocycles. The summed E-state index contributed by atoms with van der Waals surface area (Å²) in [6, 6.07) is 115. The fourth-order valence-corrected chi connectivity index (χ4v) is 12.6. The summed E-state index contributed by atoms with van der Waals surface area (Å²) in [5, 5.41) is 0. The number of anilines is 12. The van der Waals surface area contributed by atoms with Gasteiger partial charge in [-0.1, -0.05) is 212 Å². The first kappa shape index (κ1) is 47.4. The zero-order valence-electron chi connectivity index (χ0n) is 43.9. The molecule has 2 aliphatic heterocycles. The topological polar surface area (TPSA) is 13.0 Å². The maximum absolute atomic E-state index is 2.53. The molecule has 0 fully saturated rings. The fourth-order valence-electron chi connectivity index (χ4n) is 12.6. The molecule has 0 radical (unpaired) electrons. The lowest BCUT2D eigenvalue weighted by atomic mass is 9.33. The summed E-state index contributed by atoms with van der Waals surface area (Å²) in [6.07, 6.45) is 0. The van der Waals surface area contributed by atoms with Crippen molar-refractivity contribution >= 4 is 91.3 Å². The molecule has 0 spiro atoms. The molecule has 14 rings (SSSR count). The lowest BCUT2D eigenvalue weighted by Gasteiger charge is -2.45. The summed E-state index contributed by atoms with van der Waals surface area (Å²) in [4.78, 5) is 9.78. The fraction of sp³-hybridized carbons (Fsp3) is 0.0270. The summed E-state index contributed by atoms with van der Waals surface area (Å²) in [5.41, 5.74) is 22.5. The van der Waals surface area contributed by atoms with Crippen LogP contribution in [0.2, 0.25) is 0 Å². The molecule has 0 atom stereocenters. The summed E-state index contributed by atoms with van der Waals surface area (Å²) >= 11 is 0. The Morgan fingerprint density at radius 1 is 0.278 bits per heavy atom. The van der Waals surface area contributed by atoms with Crippen LogP contribution >= 0.6 is 0 Å². The van der Waals surface area contributed by atoms with Crippen LogP contribution in [0.3, 0.4) is 0 Å². The molecule has 5 heteroatoms. The van der Waals surface area contributed by atoms with Gasteiger partial charge in [-0.2, -0.15) is 0 Å². The van der Waals surface area contributed by atoms with Crippen molar-refractivity contribution in [2.24, 2.45) is 0 Å². The van der Waals surface area contributed by atoms with Gasteiger partial charge in [0.05, 0.1) is 11.1 Å². The van der Waals surface area contributed by atoms with Gasteiger partial charge in [-0.25, -0.2) is 0 Å². The minimum Gasteiger partial charge on any atom is -0.311 e. The summed E-state index contributed by atoms with van der Waals surface area (Å²) in [6.45, 7) is 2.17. The lowest BCUT2D eigenvalue weighted by Crippen LogP contribution is -2.61. The Labute approximate surface area is 464 Å². The Balaban J connectivity index is 1.01. The van der Waals surface area contributed by atoms with Crippen molar-refractivity contribution in [3.05, 3.63) is 343 Å². The second-order valence-electron chi connectivity index (χ2n) is 20.5. The molecular weight excluding hydrogens is 956 g/mol. The van der Waals surface area contributed by atoms with Crippen molar-refractivity contribution in [3.8, 4) is 0 Å². The molecule has 0 saturated carbocycles. The Morgan fingerprint density at radius 2 is 0.620 bits per heavy atom. The highest BCUT2D eigenvalue weighted by Crippen LogP contribution is 2.50. The van der Waals surface area contributed by atoms with Crippen molar-refractivity contribution in [3.63, 3.8) is 0 Å². The number of hydrogen-bond acceptors (Lipinski definition) is 4. The molecule has 2 aliphatic rings. The zero-order valence-corrected chi connectivity index (χ0v) is 43.9. The first-order valence-corrected chi connectivity index (χ1v) is 27.3. The average Bonchev–Trinajstić information content (AvgIpc) is 3.69. The van der Waals surface area contributed by atoms with Crippen LogP contribution in [-0.4, -0.2) is 6.71 Å². The summed E-state index contributed by atoms with van der Waals surface area (Å²) < 4.78 is 0. The van der Waals surface area contributed by atoms with Crippen LogP contribution in [0.25, 0.3) is 0 Å². The highest BCUT2D eigenvalue weighted by molar-refractivity contribution is 7.00. The van der Waals surface area contributed by atoms with Gasteiger partial charge >= 0.3 is 0 Å². The SMILES string of the molecule is Cc1ccc2c(c1)B1c3ccccc3N(c3ccc(C(c4ccccc4)(c4ccccc4)c4ccccc4)cc3)c3cc(N(c4ccccc4)c4ccccc4)cc(c31)N2c1ccc(N(c2ccccc2)c2ccccc2)cc1. The molecule has 0 bridgehead atoms.